The van der Waals surface area contributed by atoms with Crippen molar-refractivity contribution in [2.75, 3.05) is 31.1 Å². The standard InChI is InChI=1S/C20H15BrCl2N2O5/c21-18-13-10-17(30-20(27)28)29-16(13)4-3-15(18)24-5-7-25(8-6-24)19(26)12-9-11(22)1-2-14(12)23/h1-4,9-10H,5-8H2,(H,27,28). The van der Waals surface area contributed by atoms with Gasteiger partial charge in [-0.05, 0) is 46.3 Å². The Bertz CT molecular complexity index is 1140. The number of ether oxygens (including phenoxy) is 1. The highest BCUT2D eigenvalue weighted by atomic mass is 79.9. The van der Waals surface area contributed by atoms with Crippen molar-refractivity contribution >= 4 is 67.9 Å². The van der Waals surface area contributed by atoms with Crippen LogP contribution in [0.15, 0.2) is 45.3 Å². The Labute approximate surface area is 189 Å². The van der Waals surface area contributed by atoms with Crippen LogP contribution in [0.3, 0.4) is 0 Å². The lowest BCUT2D eigenvalue weighted by molar-refractivity contribution is 0.0746. The van der Waals surface area contributed by atoms with Crippen LogP contribution in [0.1, 0.15) is 10.4 Å². The second kappa shape index (κ2) is 8.37. The van der Waals surface area contributed by atoms with E-state index in [1.807, 2.05) is 6.07 Å². The molecule has 1 aliphatic heterocycles. The second-order valence-electron chi connectivity index (χ2n) is 6.65. The van der Waals surface area contributed by atoms with Crippen LogP contribution in [0, 0.1) is 0 Å². The van der Waals surface area contributed by atoms with E-state index < -0.39 is 6.16 Å². The topological polar surface area (TPSA) is 83.2 Å². The van der Waals surface area contributed by atoms with E-state index in [4.69, 9.17) is 32.7 Å². The van der Waals surface area contributed by atoms with Gasteiger partial charge in [-0.2, -0.15) is 0 Å². The maximum Gasteiger partial charge on any atom is 0.513 e. The average molecular weight is 514 g/mol. The molecule has 30 heavy (non-hydrogen) atoms. The molecule has 1 fully saturated rings. The van der Waals surface area contributed by atoms with E-state index in [0.29, 0.717) is 52.8 Å². The Morgan fingerprint density at radius 3 is 2.50 bits per heavy atom. The van der Waals surface area contributed by atoms with Crippen molar-refractivity contribution in [3.05, 3.63) is 56.5 Å². The Morgan fingerprint density at radius 1 is 1.07 bits per heavy atom. The summed E-state index contributed by atoms with van der Waals surface area (Å²) in [6, 6.07) is 10.0. The van der Waals surface area contributed by atoms with Crippen molar-refractivity contribution in [3.8, 4) is 5.95 Å². The minimum atomic E-state index is -1.44. The molecule has 7 nitrogen and oxygen atoms in total. The first-order valence-corrected chi connectivity index (χ1v) is 10.5. The number of nitrogens with zero attached hydrogens (tertiary/aromatic N) is 2. The zero-order valence-corrected chi connectivity index (χ0v) is 18.5. The van der Waals surface area contributed by atoms with Crippen LogP contribution in [0.2, 0.25) is 10.0 Å². The molecule has 0 aliphatic carbocycles. The number of rotatable bonds is 3. The monoisotopic (exact) mass is 512 g/mol. The molecule has 1 aromatic heterocycles. The van der Waals surface area contributed by atoms with Gasteiger partial charge < -0.3 is 24.1 Å². The summed E-state index contributed by atoms with van der Waals surface area (Å²) < 4.78 is 10.7. The van der Waals surface area contributed by atoms with Crippen LogP contribution in [0.25, 0.3) is 11.0 Å². The number of piperazine rings is 1. The normalized spacial score (nSPS) is 14.2. The highest BCUT2D eigenvalue weighted by molar-refractivity contribution is 9.10. The zero-order chi connectivity index (χ0) is 21.4. The highest BCUT2D eigenvalue weighted by Crippen LogP contribution is 2.38. The maximum atomic E-state index is 12.8. The summed E-state index contributed by atoms with van der Waals surface area (Å²) in [4.78, 5) is 27.4. The van der Waals surface area contributed by atoms with Crippen LogP contribution >= 0.6 is 39.1 Å². The molecule has 0 unspecified atom stereocenters. The Kier molecular flexibility index (Phi) is 5.81. The van der Waals surface area contributed by atoms with Crippen molar-refractivity contribution in [1.29, 1.82) is 0 Å². The summed E-state index contributed by atoms with van der Waals surface area (Å²) in [6.45, 7) is 2.27. The Balaban J connectivity index is 1.50. The maximum absolute atomic E-state index is 12.8. The van der Waals surface area contributed by atoms with Gasteiger partial charge in [-0.1, -0.05) is 23.2 Å². The number of hydrogen-bond acceptors (Lipinski definition) is 5. The van der Waals surface area contributed by atoms with E-state index in [1.165, 1.54) is 6.07 Å². The molecule has 0 spiro atoms. The first kappa shape index (κ1) is 20.8. The summed E-state index contributed by atoms with van der Waals surface area (Å²) >= 11 is 15.7. The number of halogens is 3. The molecule has 0 radical (unpaired) electrons. The number of furan rings is 1. The van der Waals surface area contributed by atoms with E-state index in [9.17, 15) is 9.59 Å². The molecular formula is C20H15BrCl2N2O5. The Morgan fingerprint density at radius 2 is 1.80 bits per heavy atom. The molecule has 1 aliphatic rings. The van der Waals surface area contributed by atoms with Crippen molar-refractivity contribution in [1.82, 2.24) is 4.90 Å². The molecule has 156 valence electrons. The fourth-order valence-electron chi connectivity index (χ4n) is 3.41. The van der Waals surface area contributed by atoms with Gasteiger partial charge in [-0.25, -0.2) is 4.79 Å². The van der Waals surface area contributed by atoms with Gasteiger partial charge in [-0.15, -0.1) is 0 Å². The lowest BCUT2D eigenvalue weighted by Gasteiger charge is -2.36. The van der Waals surface area contributed by atoms with Crippen LogP contribution < -0.4 is 9.64 Å². The highest BCUT2D eigenvalue weighted by Gasteiger charge is 2.25. The van der Waals surface area contributed by atoms with Crippen molar-refractivity contribution < 1.29 is 23.8 Å². The SMILES string of the molecule is O=C(O)Oc1cc2c(Br)c(N3CCN(C(=O)c4cc(Cl)ccc4Cl)CC3)ccc2o1. The molecule has 10 heteroatoms. The molecule has 0 atom stereocenters. The van der Waals surface area contributed by atoms with Gasteiger partial charge in [0.1, 0.15) is 5.58 Å². The molecule has 1 amide bonds. The number of hydrogen-bond donors (Lipinski definition) is 1. The largest absolute Gasteiger partial charge is 0.513 e. The van der Waals surface area contributed by atoms with Gasteiger partial charge in [0.2, 0.25) is 0 Å². The van der Waals surface area contributed by atoms with Gasteiger partial charge in [0.05, 0.1) is 20.7 Å². The summed E-state index contributed by atoms with van der Waals surface area (Å²) in [6.07, 6.45) is -1.44. The van der Waals surface area contributed by atoms with Gasteiger partial charge in [0, 0.05) is 42.7 Å². The first-order chi connectivity index (χ1) is 14.3. The minimum Gasteiger partial charge on any atom is -0.449 e. The molecule has 3 aromatic rings. The first-order valence-electron chi connectivity index (χ1n) is 8.95. The minimum absolute atomic E-state index is 0.0934. The summed E-state index contributed by atoms with van der Waals surface area (Å²) in [5.74, 6) is -0.244. The molecule has 1 saturated heterocycles. The van der Waals surface area contributed by atoms with Gasteiger partial charge in [-0.3, -0.25) is 4.79 Å². The van der Waals surface area contributed by atoms with E-state index >= 15 is 0 Å². The van der Waals surface area contributed by atoms with E-state index in [0.717, 1.165) is 10.2 Å². The number of carbonyl (C=O) groups is 2. The van der Waals surface area contributed by atoms with Crippen molar-refractivity contribution in [2.45, 2.75) is 0 Å². The predicted octanol–water partition coefficient (Wildman–Crippen LogP) is 5.52. The zero-order valence-electron chi connectivity index (χ0n) is 15.4. The van der Waals surface area contributed by atoms with Crippen molar-refractivity contribution in [3.63, 3.8) is 0 Å². The number of fused-ring (bicyclic) bond motifs is 1. The molecule has 2 aromatic carbocycles. The van der Waals surface area contributed by atoms with Crippen LogP contribution in [-0.4, -0.2) is 48.2 Å². The number of carbonyl (C=O) groups excluding carboxylic acids is 1. The third-order valence-electron chi connectivity index (χ3n) is 4.85. The molecule has 1 N–H and O–H groups in total. The fraction of sp³-hybridized carbons (Fsp3) is 0.200. The van der Waals surface area contributed by atoms with Crippen molar-refractivity contribution in [2.24, 2.45) is 0 Å². The van der Waals surface area contributed by atoms with E-state index in [2.05, 4.69) is 25.6 Å². The predicted molar refractivity (Wildman–Crippen MR) is 117 cm³/mol. The second-order valence-corrected chi connectivity index (χ2v) is 8.28. The number of amides is 1. The van der Waals surface area contributed by atoms with Crippen LogP contribution in [0.5, 0.6) is 5.95 Å². The van der Waals surface area contributed by atoms with E-state index in [-0.39, 0.29) is 11.9 Å². The Hall–Kier alpha value is -2.42. The van der Waals surface area contributed by atoms with Crippen LogP contribution in [0.4, 0.5) is 10.5 Å². The smallest absolute Gasteiger partial charge is 0.449 e. The fourth-order valence-corrected chi connectivity index (χ4v) is 4.47. The van der Waals surface area contributed by atoms with Gasteiger partial charge >= 0.3 is 6.16 Å². The van der Waals surface area contributed by atoms with Gasteiger partial charge in [0.25, 0.3) is 11.9 Å². The molecular weight excluding hydrogens is 499 g/mol. The quantitative estimate of drug-likeness (QED) is 0.464. The number of benzene rings is 2. The average Bonchev–Trinajstić information content (AvgIpc) is 3.12. The van der Waals surface area contributed by atoms with Crippen LogP contribution in [-0.2, 0) is 0 Å². The third kappa shape index (κ3) is 4.08. The lowest BCUT2D eigenvalue weighted by atomic mass is 10.1. The molecule has 4 rings (SSSR count). The third-order valence-corrected chi connectivity index (χ3v) is 6.24. The number of anilines is 1. The molecule has 2 heterocycles. The summed E-state index contributed by atoms with van der Waals surface area (Å²) in [5, 5.41) is 10.3. The summed E-state index contributed by atoms with van der Waals surface area (Å²) in [5.41, 5.74) is 1.81. The lowest BCUT2D eigenvalue weighted by Crippen LogP contribution is -2.49. The molecule has 0 bridgehead atoms. The number of carboxylic acid groups (broad SMARTS) is 1. The van der Waals surface area contributed by atoms with Gasteiger partial charge in [0.15, 0.2) is 0 Å². The van der Waals surface area contributed by atoms with E-state index in [1.54, 1.807) is 29.2 Å². The molecule has 0 saturated carbocycles. The summed E-state index contributed by atoms with van der Waals surface area (Å²) in [7, 11) is 0.